The zero-order valence-corrected chi connectivity index (χ0v) is 32.1. The Hall–Kier alpha value is -5.86. The normalized spacial score (nSPS) is 22.1. The minimum atomic E-state index is 0.318. The summed E-state index contributed by atoms with van der Waals surface area (Å²) in [7, 11) is 0. The lowest BCUT2D eigenvalue weighted by molar-refractivity contribution is 0.666. The summed E-state index contributed by atoms with van der Waals surface area (Å²) in [5.41, 5.74) is 19.2. The number of para-hydroxylation sites is 1. The van der Waals surface area contributed by atoms with Gasteiger partial charge in [0.15, 0.2) is 0 Å². The second-order valence-corrected chi connectivity index (χ2v) is 16.4. The smallest absolute Gasteiger partial charge is 0.0626 e. The van der Waals surface area contributed by atoms with Crippen LogP contribution in [0.15, 0.2) is 170 Å². The van der Waals surface area contributed by atoms with Gasteiger partial charge in [-0.25, -0.2) is 0 Å². The first-order chi connectivity index (χ1) is 27.8. The van der Waals surface area contributed by atoms with Gasteiger partial charge in [-0.3, -0.25) is 0 Å². The predicted octanol–water partition coefficient (Wildman–Crippen LogP) is 13.7. The monoisotopic (exact) mass is 724 g/mol. The number of aryl methyl sites for hydroxylation is 1. The van der Waals surface area contributed by atoms with E-state index >= 15 is 0 Å². The molecule has 56 heavy (non-hydrogen) atoms. The summed E-state index contributed by atoms with van der Waals surface area (Å²) < 4.78 is 2.63. The van der Waals surface area contributed by atoms with E-state index < -0.39 is 0 Å². The molecule has 0 fully saturated rings. The van der Waals surface area contributed by atoms with E-state index in [-0.39, 0.29) is 0 Å². The van der Waals surface area contributed by atoms with Gasteiger partial charge in [0.25, 0.3) is 0 Å². The van der Waals surface area contributed by atoms with Crippen LogP contribution in [0.2, 0.25) is 0 Å². The van der Waals surface area contributed by atoms with Crippen LogP contribution in [-0.4, -0.2) is 10.6 Å². The first-order valence-electron chi connectivity index (χ1n) is 21.0. The molecule has 0 radical (unpaired) electrons. The van der Waals surface area contributed by atoms with Crippen molar-refractivity contribution in [2.75, 3.05) is 4.90 Å². The maximum atomic E-state index is 2.63. The van der Waals surface area contributed by atoms with Crippen LogP contribution in [0.25, 0.3) is 38.9 Å². The average molecular weight is 725 g/mol. The van der Waals surface area contributed by atoms with E-state index in [0.29, 0.717) is 17.9 Å². The Balaban J connectivity index is 0.974. The highest BCUT2D eigenvalue weighted by atomic mass is 15.2. The molecule has 11 rings (SSSR count). The summed E-state index contributed by atoms with van der Waals surface area (Å²) in [6, 6.07) is 33.3. The van der Waals surface area contributed by atoms with E-state index in [1.54, 1.807) is 5.56 Å². The van der Waals surface area contributed by atoms with E-state index in [9.17, 15) is 0 Å². The average Bonchev–Trinajstić information content (AvgIpc) is 3.79. The van der Waals surface area contributed by atoms with Gasteiger partial charge in [0, 0.05) is 40.0 Å². The van der Waals surface area contributed by atoms with Gasteiger partial charge in [0.1, 0.15) is 0 Å². The van der Waals surface area contributed by atoms with Crippen LogP contribution in [0, 0.1) is 0 Å². The molecule has 0 N–H and O–H groups in total. The predicted molar refractivity (Wildman–Crippen MR) is 236 cm³/mol. The highest BCUT2D eigenvalue weighted by Crippen LogP contribution is 2.48. The third-order valence-corrected chi connectivity index (χ3v) is 13.1. The van der Waals surface area contributed by atoms with E-state index in [1.165, 1.54) is 91.0 Å². The van der Waals surface area contributed by atoms with Crippen molar-refractivity contribution in [1.82, 2.24) is 4.57 Å². The zero-order chi connectivity index (χ0) is 37.0. The molecule has 0 saturated heterocycles. The van der Waals surface area contributed by atoms with Crippen molar-refractivity contribution in [2.45, 2.75) is 75.7 Å². The summed E-state index contributed by atoms with van der Waals surface area (Å²) in [5.74, 6) is 0.733. The van der Waals surface area contributed by atoms with Crippen molar-refractivity contribution in [3.8, 4) is 16.8 Å². The van der Waals surface area contributed by atoms with Crippen LogP contribution in [0.4, 0.5) is 5.69 Å². The van der Waals surface area contributed by atoms with Gasteiger partial charge in [0.05, 0.1) is 11.6 Å². The molecule has 2 heterocycles. The fourth-order valence-corrected chi connectivity index (χ4v) is 10.4. The van der Waals surface area contributed by atoms with Gasteiger partial charge in [0.2, 0.25) is 0 Å². The molecular formula is C54H48N2. The van der Waals surface area contributed by atoms with Crippen molar-refractivity contribution in [1.29, 1.82) is 0 Å². The number of aromatic nitrogens is 1. The molecule has 6 aliphatic rings. The van der Waals surface area contributed by atoms with Crippen LogP contribution in [0.3, 0.4) is 0 Å². The number of anilines is 1. The lowest BCUT2D eigenvalue weighted by atomic mass is 9.85. The summed E-state index contributed by atoms with van der Waals surface area (Å²) in [6.45, 7) is 0. The molecule has 3 atom stereocenters. The maximum absolute atomic E-state index is 2.63. The molecule has 1 aliphatic heterocycles. The van der Waals surface area contributed by atoms with Crippen LogP contribution in [-0.2, 0) is 12.8 Å². The van der Waals surface area contributed by atoms with Crippen molar-refractivity contribution < 1.29 is 0 Å². The molecule has 274 valence electrons. The summed E-state index contributed by atoms with van der Waals surface area (Å²) in [6.07, 6.45) is 40.6. The second-order valence-electron chi connectivity index (χ2n) is 16.4. The number of nitrogens with zero attached hydrogens (tertiary/aromatic N) is 2. The summed E-state index contributed by atoms with van der Waals surface area (Å²) in [4.78, 5) is 2.59. The SMILES string of the molecule is C1=CCCC(N2c3ccccc3C3C=C(c4cccc(-c5ccc6c(c5)c5c(n6-c6cc(C7=CCCC=C7)cc(C7C=CC=CC7)c6)CCCC5)c4)C=CC32)=C1. The Labute approximate surface area is 331 Å². The Morgan fingerprint density at radius 1 is 0.625 bits per heavy atom. The highest BCUT2D eigenvalue weighted by Gasteiger charge is 2.39. The first kappa shape index (κ1) is 33.5. The van der Waals surface area contributed by atoms with E-state index in [0.717, 1.165) is 44.9 Å². The number of allylic oxidation sites excluding steroid dienone is 14. The molecule has 4 aromatic carbocycles. The van der Waals surface area contributed by atoms with Crippen LogP contribution in [0.1, 0.15) is 90.3 Å². The standard InChI is InChI=1S/C54H48N2/c1-4-15-37(16-5-1)43-32-44(38-17-6-2-7-18-38)34-46(33-43)56-52-26-13-11-24-48(52)50-36-42(28-30-54(50)56)40-20-14-19-39(31-40)41-27-29-53-49(35-41)47-23-10-12-25-51(47)55(53)45-21-8-3-9-22-45/h1,3-6,8,10,12,14-15,17-21,23,25,27-37,49,53H,2,7,9,11,13,16,22,24,26H2. The van der Waals surface area contributed by atoms with Crippen LogP contribution >= 0.6 is 0 Å². The van der Waals surface area contributed by atoms with Gasteiger partial charge < -0.3 is 9.47 Å². The number of benzene rings is 4. The topological polar surface area (TPSA) is 8.17 Å². The minimum absolute atomic E-state index is 0.318. The van der Waals surface area contributed by atoms with E-state index in [2.05, 4.69) is 173 Å². The second kappa shape index (κ2) is 14.0. The van der Waals surface area contributed by atoms with E-state index in [4.69, 9.17) is 0 Å². The van der Waals surface area contributed by atoms with Gasteiger partial charge in [-0.1, -0.05) is 121 Å². The highest BCUT2D eigenvalue weighted by molar-refractivity contribution is 5.92. The molecule has 5 aliphatic carbocycles. The maximum Gasteiger partial charge on any atom is 0.0626 e. The Morgan fingerprint density at radius 2 is 1.55 bits per heavy atom. The molecule has 5 aromatic rings. The Kier molecular flexibility index (Phi) is 8.38. The number of hydrogen-bond donors (Lipinski definition) is 0. The van der Waals surface area contributed by atoms with Crippen LogP contribution < -0.4 is 4.90 Å². The summed E-state index contributed by atoms with van der Waals surface area (Å²) in [5, 5.41) is 1.42. The lowest BCUT2D eigenvalue weighted by Gasteiger charge is -2.32. The fraction of sp³-hybridized carbons (Fsp3) is 0.222. The fourth-order valence-electron chi connectivity index (χ4n) is 10.4. The van der Waals surface area contributed by atoms with Gasteiger partial charge in [-0.2, -0.15) is 0 Å². The van der Waals surface area contributed by atoms with Crippen molar-refractivity contribution in [3.63, 3.8) is 0 Å². The Morgan fingerprint density at radius 3 is 2.45 bits per heavy atom. The zero-order valence-electron chi connectivity index (χ0n) is 32.1. The number of hydrogen-bond acceptors (Lipinski definition) is 1. The van der Waals surface area contributed by atoms with E-state index in [1.807, 2.05) is 0 Å². The molecule has 2 heteroatoms. The molecular weight excluding hydrogens is 677 g/mol. The van der Waals surface area contributed by atoms with Crippen molar-refractivity contribution in [3.05, 3.63) is 203 Å². The third-order valence-electron chi connectivity index (χ3n) is 13.1. The van der Waals surface area contributed by atoms with Gasteiger partial charge >= 0.3 is 0 Å². The van der Waals surface area contributed by atoms with Crippen molar-refractivity contribution >= 4 is 27.7 Å². The lowest BCUT2D eigenvalue weighted by Crippen LogP contribution is -2.32. The molecule has 1 aromatic heterocycles. The molecule has 0 amide bonds. The van der Waals surface area contributed by atoms with Crippen molar-refractivity contribution in [2.24, 2.45) is 0 Å². The largest absolute Gasteiger partial charge is 0.337 e. The summed E-state index contributed by atoms with van der Waals surface area (Å²) >= 11 is 0. The molecule has 2 nitrogen and oxygen atoms in total. The van der Waals surface area contributed by atoms with Gasteiger partial charge in [-0.05, 0) is 150 Å². The minimum Gasteiger partial charge on any atom is -0.337 e. The molecule has 0 saturated carbocycles. The molecule has 3 unspecified atom stereocenters. The van der Waals surface area contributed by atoms with Gasteiger partial charge in [-0.15, -0.1) is 0 Å². The quantitative estimate of drug-likeness (QED) is 0.169. The molecule has 0 bridgehead atoms. The van der Waals surface area contributed by atoms with Crippen LogP contribution in [0.5, 0.6) is 0 Å². The first-order valence-corrected chi connectivity index (χ1v) is 21.0. The number of fused-ring (bicyclic) bond motifs is 6. The Bertz CT molecular complexity index is 2640. The molecule has 0 spiro atoms. The third kappa shape index (κ3) is 5.77. The number of rotatable bonds is 6.